The summed E-state index contributed by atoms with van der Waals surface area (Å²) in [5.41, 5.74) is 1.93. The van der Waals surface area contributed by atoms with Crippen LogP contribution in [0.25, 0.3) is 0 Å². The van der Waals surface area contributed by atoms with Gasteiger partial charge in [-0.15, -0.1) is 6.58 Å². The molecule has 0 saturated carbocycles. The Morgan fingerprint density at radius 3 is 2.31 bits per heavy atom. The maximum atomic E-state index is 3.89. The van der Waals surface area contributed by atoms with E-state index in [2.05, 4.69) is 39.5 Å². The highest BCUT2D eigenvalue weighted by atomic mass is 14.3. The quantitative estimate of drug-likeness (QED) is 0.518. The molecular weight excluding hydrogens is 156 g/mol. The maximum absolute atomic E-state index is 3.89. The van der Waals surface area contributed by atoms with Gasteiger partial charge in [0.2, 0.25) is 0 Å². The molecule has 76 valence electrons. The number of hydrogen-bond donors (Lipinski definition) is 0. The van der Waals surface area contributed by atoms with E-state index in [4.69, 9.17) is 0 Å². The topological polar surface area (TPSA) is 0 Å². The van der Waals surface area contributed by atoms with Gasteiger partial charge in [-0.3, -0.25) is 0 Å². The van der Waals surface area contributed by atoms with E-state index < -0.39 is 0 Å². The fourth-order valence-corrected chi connectivity index (χ4v) is 2.08. The first-order valence-corrected chi connectivity index (χ1v) is 5.37. The minimum absolute atomic E-state index is 0.431. The first-order chi connectivity index (χ1) is 6.08. The largest absolute Gasteiger partial charge is 0.102 e. The molecule has 0 aliphatic heterocycles. The van der Waals surface area contributed by atoms with Crippen LogP contribution in [0.2, 0.25) is 0 Å². The van der Waals surface area contributed by atoms with Crippen LogP contribution in [0.5, 0.6) is 0 Å². The van der Waals surface area contributed by atoms with Crippen LogP contribution in [0.1, 0.15) is 47.5 Å². The molecule has 1 rings (SSSR count). The van der Waals surface area contributed by atoms with Crippen LogP contribution in [0.4, 0.5) is 0 Å². The molecule has 0 heteroatoms. The molecule has 1 aliphatic rings. The Bertz CT molecular complexity index is 184. The van der Waals surface area contributed by atoms with Gasteiger partial charge in [-0.1, -0.05) is 45.4 Å². The van der Waals surface area contributed by atoms with Crippen molar-refractivity contribution < 1.29 is 0 Å². The Kier molecular flexibility index (Phi) is 5.05. The highest BCUT2D eigenvalue weighted by molar-refractivity contribution is 5.17. The molecule has 0 aromatic heterocycles. The van der Waals surface area contributed by atoms with Gasteiger partial charge in [0.1, 0.15) is 0 Å². The van der Waals surface area contributed by atoms with Crippen molar-refractivity contribution in [1.29, 1.82) is 0 Å². The molecule has 0 N–H and O–H groups in total. The molecule has 0 aromatic carbocycles. The molecule has 0 saturated heterocycles. The van der Waals surface area contributed by atoms with Crippen LogP contribution in [0.3, 0.4) is 0 Å². The van der Waals surface area contributed by atoms with Crippen molar-refractivity contribution in [3.63, 3.8) is 0 Å². The first-order valence-electron chi connectivity index (χ1n) is 5.37. The van der Waals surface area contributed by atoms with E-state index in [9.17, 15) is 0 Å². The smallest absolute Gasteiger partial charge is 0.00226 e. The van der Waals surface area contributed by atoms with Crippen molar-refractivity contribution in [3.05, 3.63) is 24.3 Å². The summed E-state index contributed by atoms with van der Waals surface area (Å²) in [5.74, 6) is 0.594. The van der Waals surface area contributed by atoms with Gasteiger partial charge in [-0.25, -0.2) is 0 Å². The Labute approximate surface area is 83.7 Å². The lowest BCUT2D eigenvalue weighted by atomic mass is 9.69. The molecule has 0 spiro atoms. The van der Waals surface area contributed by atoms with Gasteiger partial charge in [0.05, 0.1) is 0 Å². The van der Waals surface area contributed by atoms with Gasteiger partial charge >= 0.3 is 0 Å². The van der Waals surface area contributed by atoms with Crippen LogP contribution in [-0.2, 0) is 0 Å². The van der Waals surface area contributed by atoms with Crippen molar-refractivity contribution in [2.75, 3.05) is 0 Å². The average Bonchev–Trinajstić information content (AvgIpc) is 2.07. The SMILES string of the molecule is C=CC1C(C)=CCCC1(C)C.CC. The first kappa shape index (κ1) is 12.5. The fraction of sp³-hybridized carbons (Fsp3) is 0.692. The molecule has 0 nitrogen and oxygen atoms in total. The summed E-state index contributed by atoms with van der Waals surface area (Å²) in [4.78, 5) is 0. The van der Waals surface area contributed by atoms with Gasteiger partial charge in [0.15, 0.2) is 0 Å². The molecule has 1 atom stereocenters. The molecule has 13 heavy (non-hydrogen) atoms. The summed E-state index contributed by atoms with van der Waals surface area (Å²) >= 11 is 0. The molecular formula is C13H24. The Morgan fingerprint density at radius 2 is 2.00 bits per heavy atom. The lowest BCUT2D eigenvalue weighted by molar-refractivity contribution is 0.256. The van der Waals surface area contributed by atoms with Crippen LogP contribution < -0.4 is 0 Å². The molecule has 1 unspecified atom stereocenters. The van der Waals surface area contributed by atoms with Gasteiger partial charge < -0.3 is 0 Å². The van der Waals surface area contributed by atoms with E-state index in [1.165, 1.54) is 18.4 Å². The van der Waals surface area contributed by atoms with Gasteiger partial charge in [-0.2, -0.15) is 0 Å². The summed E-state index contributed by atoms with van der Waals surface area (Å²) < 4.78 is 0. The number of rotatable bonds is 1. The van der Waals surface area contributed by atoms with Crippen LogP contribution in [-0.4, -0.2) is 0 Å². The molecule has 0 amide bonds. The third-order valence-corrected chi connectivity index (χ3v) is 2.82. The van der Waals surface area contributed by atoms with Gasteiger partial charge in [0.25, 0.3) is 0 Å². The van der Waals surface area contributed by atoms with E-state index in [0.29, 0.717) is 11.3 Å². The number of allylic oxidation sites excluding steroid dienone is 3. The van der Waals surface area contributed by atoms with Crippen molar-refractivity contribution in [3.8, 4) is 0 Å². The van der Waals surface area contributed by atoms with Crippen molar-refractivity contribution in [2.45, 2.75) is 47.5 Å². The third kappa shape index (κ3) is 3.02. The van der Waals surface area contributed by atoms with Crippen molar-refractivity contribution in [2.24, 2.45) is 11.3 Å². The normalized spacial score (nSPS) is 25.3. The predicted octanol–water partition coefficient (Wildman–Crippen LogP) is 4.58. The highest BCUT2D eigenvalue weighted by Gasteiger charge is 2.29. The molecule has 0 aromatic rings. The standard InChI is InChI=1S/C11H18.C2H6/c1-5-10-9(2)7-6-8-11(10,3)4;1-2/h5,7,10H,1,6,8H2,2-4H3;1-2H3. The minimum Gasteiger partial charge on any atom is -0.102 e. The highest BCUT2D eigenvalue weighted by Crippen LogP contribution is 2.41. The Balaban J connectivity index is 0.000000671. The molecule has 0 bridgehead atoms. The fourth-order valence-electron chi connectivity index (χ4n) is 2.08. The molecule has 0 radical (unpaired) electrons. The summed E-state index contributed by atoms with van der Waals surface area (Å²) in [6.07, 6.45) is 6.97. The van der Waals surface area contributed by atoms with Gasteiger partial charge in [-0.05, 0) is 25.2 Å². The summed E-state index contributed by atoms with van der Waals surface area (Å²) in [7, 11) is 0. The van der Waals surface area contributed by atoms with Crippen LogP contribution in [0.15, 0.2) is 24.3 Å². The minimum atomic E-state index is 0.431. The second-order valence-electron chi connectivity index (χ2n) is 4.19. The van der Waals surface area contributed by atoms with E-state index in [1.807, 2.05) is 13.8 Å². The zero-order valence-corrected chi connectivity index (χ0v) is 9.85. The Morgan fingerprint density at radius 1 is 1.46 bits per heavy atom. The molecule has 0 fully saturated rings. The summed E-state index contributed by atoms with van der Waals surface area (Å²) in [5, 5.41) is 0. The lowest BCUT2D eigenvalue weighted by Crippen LogP contribution is -2.25. The zero-order chi connectivity index (χ0) is 10.5. The average molecular weight is 180 g/mol. The van der Waals surface area contributed by atoms with E-state index in [1.54, 1.807) is 0 Å². The second-order valence-corrected chi connectivity index (χ2v) is 4.19. The van der Waals surface area contributed by atoms with Crippen molar-refractivity contribution in [1.82, 2.24) is 0 Å². The monoisotopic (exact) mass is 180 g/mol. The zero-order valence-electron chi connectivity index (χ0n) is 9.85. The second kappa shape index (κ2) is 5.26. The van der Waals surface area contributed by atoms with E-state index in [0.717, 1.165) is 0 Å². The van der Waals surface area contributed by atoms with E-state index >= 15 is 0 Å². The lowest BCUT2D eigenvalue weighted by Gasteiger charge is -2.36. The maximum Gasteiger partial charge on any atom is 0.00226 e. The predicted molar refractivity (Wildman–Crippen MR) is 61.8 cm³/mol. The number of hydrogen-bond acceptors (Lipinski definition) is 0. The van der Waals surface area contributed by atoms with E-state index in [-0.39, 0.29) is 0 Å². The molecule has 1 aliphatic carbocycles. The van der Waals surface area contributed by atoms with Crippen LogP contribution in [0, 0.1) is 11.3 Å². The van der Waals surface area contributed by atoms with Crippen LogP contribution >= 0.6 is 0 Å². The summed E-state index contributed by atoms with van der Waals surface area (Å²) in [6, 6.07) is 0. The summed E-state index contributed by atoms with van der Waals surface area (Å²) in [6.45, 7) is 14.8. The third-order valence-electron chi connectivity index (χ3n) is 2.82. The van der Waals surface area contributed by atoms with Crippen molar-refractivity contribution >= 4 is 0 Å². The van der Waals surface area contributed by atoms with Gasteiger partial charge in [0, 0.05) is 5.92 Å². The molecule has 0 heterocycles. The Hall–Kier alpha value is -0.520.